The number of aromatic nitrogens is 1. The molecule has 3 rings (SSSR count). The van der Waals surface area contributed by atoms with Gasteiger partial charge in [-0.3, -0.25) is 4.98 Å². The molecule has 1 heterocycles. The zero-order chi connectivity index (χ0) is 11.8. The molecule has 0 aliphatic heterocycles. The van der Waals surface area contributed by atoms with Crippen molar-refractivity contribution in [2.45, 2.75) is 32.6 Å². The van der Waals surface area contributed by atoms with Crippen molar-refractivity contribution in [2.24, 2.45) is 0 Å². The zero-order valence-electron chi connectivity index (χ0n) is 10.4. The van der Waals surface area contributed by atoms with E-state index in [0.29, 0.717) is 5.92 Å². The van der Waals surface area contributed by atoms with Gasteiger partial charge in [0.1, 0.15) is 0 Å². The van der Waals surface area contributed by atoms with Gasteiger partial charge in [0.05, 0.1) is 5.69 Å². The van der Waals surface area contributed by atoms with Crippen molar-refractivity contribution < 1.29 is 0 Å². The summed E-state index contributed by atoms with van der Waals surface area (Å²) in [6.07, 6.45) is 4.17. The lowest BCUT2D eigenvalue weighted by Crippen LogP contribution is -2.01. The Kier molecular flexibility index (Phi) is 2.47. The van der Waals surface area contributed by atoms with Gasteiger partial charge in [0.2, 0.25) is 0 Å². The van der Waals surface area contributed by atoms with Crippen LogP contribution < -0.4 is 0 Å². The Labute approximate surface area is 103 Å². The van der Waals surface area contributed by atoms with Crippen molar-refractivity contribution in [3.8, 4) is 0 Å². The first-order chi connectivity index (χ1) is 8.25. The summed E-state index contributed by atoms with van der Waals surface area (Å²) in [5.41, 5.74) is 6.97. The number of benzene rings is 1. The average Bonchev–Trinajstić information content (AvgIpc) is 2.48. The number of rotatable bonds is 0. The minimum absolute atomic E-state index is 0.421. The first-order valence-electron chi connectivity index (χ1n) is 6.29. The third-order valence-corrected chi connectivity index (χ3v) is 3.76. The number of fused-ring (bicyclic) bond motifs is 2. The van der Waals surface area contributed by atoms with Crippen LogP contribution in [0, 0.1) is 6.92 Å². The van der Waals surface area contributed by atoms with Gasteiger partial charge in [-0.05, 0) is 42.5 Å². The number of pyridine rings is 1. The van der Waals surface area contributed by atoms with E-state index >= 15 is 0 Å². The van der Waals surface area contributed by atoms with Crippen LogP contribution in [0.4, 0.5) is 0 Å². The lowest BCUT2D eigenvalue weighted by molar-refractivity contribution is 0.859. The summed E-state index contributed by atoms with van der Waals surface area (Å²) in [5, 5.41) is 0. The largest absolute Gasteiger partial charge is 0.260 e. The fourth-order valence-electron chi connectivity index (χ4n) is 2.84. The predicted octanol–water partition coefficient (Wildman–Crippen LogP) is 3.64. The third kappa shape index (κ3) is 1.76. The Hall–Kier alpha value is -1.63. The summed E-state index contributed by atoms with van der Waals surface area (Å²) in [6, 6.07) is 11.1. The molecule has 0 fully saturated rings. The van der Waals surface area contributed by atoms with E-state index in [-0.39, 0.29) is 0 Å². The molecule has 0 saturated carbocycles. The lowest BCUT2D eigenvalue weighted by atomic mass is 9.92. The zero-order valence-corrected chi connectivity index (χ0v) is 10.4. The quantitative estimate of drug-likeness (QED) is 0.664. The molecule has 1 aromatic carbocycles. The minimum Gasteiger partial charge on any atom is -0.260 e. The third-order valence-electron chi connectivity index (χ3n) is 3.76. The Morgan fingerprint density at radius 3 is 2.82 bits per heavy atom. The summed E-state index contributed by atoms with van der Waals surface area (Å²) < 4.78 is 0. The van der Waals surface area contributed by atoms with Crippen molar-refractivity contribution >= 4 is 0 Å². The number of nitrogens with zero attached hydrogens (tertiary/aromatic N) is 1. The SMILES string of the molecule is Cc1ccc2c(c1)CCc1cccnc1[C@H]2C. The van der Waals surface area contributed by atoms with Crippen molar-refractivity contribution in [3.63, 3.8) is 0 Å². The highest BCUT2D eigenvalue weighted by Crippen LogP contribution is 2.32. The molecule has 86 valence electrons. The molecule has 0 radical (unpaired) electrons. The molecule has 0 unspecified atom stereocenters. The van der Waals surface area contributed by atoms with Gasteiger partial charge in [-0.15, -0.1) is 0 Å². The predicted molar refractivity (Wildman–Crippen MR) is 70.3 cm³/mol. The van der Waals surface area contributed by atoms with Gasteiger partial charge < -0.3 is 0 Å². The van der Waals surface area contributed by atoms with Gasteiger partial charge in [0.15, 0.2) is 0 Å². The second kappa shape index (κ2) is 3.99. The van der Waals surface area contributed by atoms with Crippen LogP contribution in [-0.2, 0) is 12.8 Å². The van der Waals surface area contributed by atoms with Crippen LogP contribution in [0.25, 0.3) is 0 Å². The second-order valence-electron chi connectivity index (χ2n) is 4.97. The standard InChI is InChI=1S/C16H17N/c1-11-5-8-15-12(2)16-13(4-3-9-17-16)6-7-14(15)10-11/h3-5,8-10,12H,6-7H2,1-2H3/t12-/m0/s1. The molecule has 1 atom stereocenters. The molecule has 0 saturated heterocycles. The van der Waals surface area contributed by atoms with Crippen molar-refractivity contribution in [3.05, 3.63) is 64.5 Å². The maximum Gasteiger partial charge on any atom is 0.0507 e. The van der Waals surface area contributed by atoms with Crippen molar-refractivity contribution in [1.82, 2.24) is 4.98 Å². The highest BCUT2D eigenvalue weighted by atomic mass is 14.7. The van der Waals surface area contributed by atoms with Crippen LogP contribution in [0.5, 0.6) is 0 Å². The smallest absolute Gasteiger partial charge is 0.0507 e. The molecule has 0 spiro atoms. The summed E-state index contributed by atoms with van der Waals surface area (Å²) in [4.78, 5) is 4.58. The van der Waals surface area contributed by atoms with Crippen LogP contribution >= 0.6 is 0 Å². The first-order valence-corrected chi connectivity index (χ1v) is 6.29. The molecule has 17 heavy (non-hydrogen) atoms. The van der Waals surface area contributed by atoms with Crippen LogP contribution in [-0.4, -0.2) is 4.98 Å². The van der Waals surface area contributed by atoms with E-state index in [1.807, 2.05) is 12.3 Å². The molecule has 2 aromatic rings. The summed E-state index contributed by atoms with van der Waals surface area (Å²) in [5.74, 6) is 0.421. The number of hydrogen-bond donors (Lipinski definition) is 0. The van der Waals surface area contributed by atoms with E-state index in [2.05, 4.69) is 43.1 Å². The summed E-state index contributed by atoms with van der Waals surface area (Å²) in [7, 11) is 0. The summed E-state index contributed by atoms with van der Waals surface area (Å²) >= 11 is 0. The molecule has 1 nitrogen and oxygen atoms in total. The second-order valence-corrected chi connectivity index (χ2v) is 4.97. The Morgan fingerprint density at radius 2 is 1.94 bits per heavy atom. The highest BCUT2D eigenvalue weighted by Gasteiger charge is 2.20. The Morgan fingerprint density at radius 1 is 1.12 bits per heavy atom. The highest BCUT2D eigenvalue weighted by molar-refractivity contribution is 5.42. The maximum atomic E-state index is 4.58. The van der Waals surface area contributed by atoms with Gasteiger partial charge in [-0.25, -0.2) is 0 Å². The van der Waals surface area contributed by atoms with Gasteiger partial charge in [-0.1, -0.05) is 36.8 Å². The topological polar surface area (TPSA) is 12.9 Å². The van der Waals surface area contributed by atoms with Crippen LogP contribution in [0.15, 0.2) is 36.5 Å². The van der Waals surface area contributed by atoms with Crippen molar-refractivity contribution in [1.29, 1.82) is 0 Å². The monoisotopic (exact) mass is 223 g/mol. The lowest BCUT2D eigenvalue weighted by Gasteiger charge is -2.14. The molecular formula is C16H17N. The molecular weight excluding hydrogens is 206 g/mol. The molecule has 0 N–H and O–H groups in total. The summed E-state index contributed by atoms with van der Waals surface area (Å²) in [6.45, 7) is 4.44. The molecule has 0 amide bonds. The first kappa shape index (κ1) is 10.5. The Balaban J connectivity index is 2.16. The van der Waals surface area contributed by atoms with Gasteiger partial charge in [0, 0.05) is 12.1 Å². The van der Waals surface area contributed by atoms with Gasteiger partial charge >= 0.3 is 0 Å². The van der Waals surface area contributed by atoms with Gasteiger partial charge in [0.25, 0.3) is 0 Å². The van der Waals surface area contributed by atoms with E-state index in [0.717, 1.165) is 12.8 Å². The fourth-order valence-corrected chi connectivity index (χ4v) is 2.84. The maximum absolute atomic E-state index is 4.58. The van der Waals surface area contributed by atoms with Crippen LogP contribution in [0.1, 0.15) is 40.8 Å². The number of aryl methyl sites for hydroxylation is 3. The van der Waals surface area contributed by atoms with E-state index in [1.165, 1.54) is 27.9 Å². The van der Waals surface area contributed by atoms with E-state index < -0.39 is 0 Å². The molecule has 1 aliphatic rings. The van der Waals surface area contributed by atoms with Crippen molar-refractivity contribution in [2.75, 3.05) is 0 Å². The van der Waals surface area contributed by atoms with Crippen LogP contribution in [0.3, 0.4) is 0 Å². The Bertz CT molecular complexity index is 557. The number of hydrogen-bond acceptors (Lipinski definition) is 1. The molecule has 1 heteroatoms. The van der Waals surface area contributed by atoms with E-state index in [4.69, 9.17) is 0 Å². The fraction of sp³-hybridized carbons (Fsp3) is 0.312. The van der Waals surface area contributed by atoms with E-state index in [9.17, 15) is 0 Å². The molecule has 1 aromatic heterocycles. The minimum atomic E-state index is 0.421. The van der Waals surface area contributed by atoms with E-state index in [1.54, 1.807) is 0 Å². The molecule has 0 bridgehead atoms. The van der Waals surface area contributed by atoms with Crippen LogP contribution in [0.2, 0.25) is 0 Å². The molecule has 1 aliphatic carbocycles. The average molecular weight is 223 g/mol. The normalized spacial score (nSPS) is 18.1. The van der Waals surface area contributed by atoms with Gasteiger partial charge in [-0.2, -0.15) is 0 Å².